The summed E-state index contributed by atoms with van der Waals surface area (Å²) in [5, 5.41) is 9.20. The highest BCUT2D eigenvalue weighted by atomic mass is 16.5. The van der Waals surface area contributed by atoms with Crippen LogP contribution >= 0.6 is 0 Å². The summed E-state index contributed by atoms with van der Waals surface area (Å²) >= 11 is 0. The third kappa shape index (κ3) is 2.58. The topological polar surface area (TPSA) is 55.8 Å². The number of methoxy groups -OCH3 is 2. The van der Waals surface area contributed by atoms with Crippen molar-refractivity contribution in [1.82, 2.24) is 0 Å². The Kier molecular flexibility index (Phi) is 4.22. The van der Waals surface area contributed by atoms with E-state index in [9.17, 15) is 9.90 Å². The Hall–Kier alpha value is -1.71. The van der Waals surface area contributed by atoms with E-state index < -0.39 is 5.97 Å². The normalized spacial score (nSPS) is 11.2. The van der Waals surface area contributed by atoms with Gasteiger partial charge in [-0.1, -0.05) is 20.8 Å². The van der Waals surface area contributed by atoms with Gasteiger partial charge in [0.05, 0.1) is 14.2 Å². The summed E-state index contributed by atoms with van der Waals surface area (Å²) in [5.41, 5.74) is 1.01. The zero-order valence-corrected chi connectivity index (χ0v) is 11.5. The maximum absolute atomic E-state index is 11.2. The molecule has 1 aromatic rings. The SMILES string of the molecule is CCC(C)(C)c1cc(OC)c(C(=O)O)c(OC)c1. The Morgan fingerprint density at radius 2 is 1.67 bits per heavy atom. The molecule has 0 fully saturated rings. The van der Waals surface area contributed by atoms with Crippen molar-refractivity contribution in [3.05, 3.63) is 23.3 Å². The minimum Gasteiger partial charge on any atom is -0.496 e. The molecule has 0 aliphatic carbocycles. The average Bonchev–Trinajstić information content (AvgIpc) is 2.36. The lowest BCUT2D eigenvalue weighted by Gasteiger charge is -2.25. The Labute approximate surface area is 108 Å². The molecular formula is C14H20O4. The monoisotopic (exact) mass is 252 g/mol. The van der Waals surface area contributed by atoms with Crippen LogP contribution in [-0.2, 0) is 5.41 Å². The highest BCUT2D eigenvalue weighted by Gasteiger charge is 2.25. The molecule has 0 spiro atoms. The number of carboxylic acid groups (broad SMARTS) is 1. The Balaban J connectivity index is 3.49. The van der Waals surface area contributed by atoms with Gasteiger partial charge in [0.1, 0.15) is 17.1 Å². The van der Waals surface area contributed by atoms with E-state index in [4.69, 9.17) is 9.47 Å². The number of carboxylic acids is 1. The van der Waals surface area contributed by atoms with Gasteiger partial charge in [-0.25, -0.2) is 4.79 Å². The van der Waals surface area contributed by atoms with Crippen molar-refractivity contribution in [1.29, 1.82) is 0 Å². The lowest BCUT2D eigenvalue weighted by Crippen LogP contribution is -2.17. The number of hydrogen-bond acceptors (Lipinski definition) is 3. The van der Waals surface area contributed by atoms with Crippen molar-refractivity contribution in [2.24, 2.45) is 0 Å². The first-order valence-corrected chi connectivity index (χ1v) is 5.87. The quantitative estimate of drug-likeness (QED) is 0.874. The van der Waals surface area contributed by atoms with Crippen LogP contribution in [0.4, 0.5) is 0 Å². The molecule has 0 radical (unpaired) electrons. The molecule has 1 aromatic carbocycles. The molecule has 0 saturated heterocycles. The third-order valence-electron chi connectivity index (χ3n) is 3.39. The predicted molar refractivity (Wildman–Crippen MR) is 69.8 cm³/mol. The fourth-order valence-corrected chi connectivity index (χ4v) is 1.72. The number of carbonyl (C=O) groups is 1. The van der Waals surface area contributed by atoms with E-state index in [1.807, 2.05) is 0 Å². The first-order valence-electron chi connectivity index (χ1n) is 5.87. The van der Waals surface area contributed by atoms with E-state index >= 15 is 0 Å². The van der Waals surface area contributed by atoms with E-state index in [1.165, 1.54) is 14.2 Å². The highest BCUT2D eigenvalue weighted by Crippen LogP contribution is 2.36. The molecule has 0 heterocycles. The molecule has 0 amide bonds. The smallest absolute Gasteiger partial charge is 0.343 e. The Bertz CT molecular complexity index is 424. The largest absolute Gasteiger partial charge is 0.496 e. The van der Waals surface area contributed by atoms with Crippen LogP contribution in [0.5, 0.6) is 11.5 Å². The van der Waals surface area contributed by atoms with E-state index in [2.05, 4.69) is 20.8 Å². The average molecular weight is 252 g/mol. The molecule has 0 unspecified atom stereocenters. The van der Waals surface area contributed by atoms with Crippen LogP contribution in [0.15, 0.2) is 12.1 Å². The van der Waals surface area contributed by atoms with Gasteiger partial charge in [-0.3, -0.25) is 0 Å². The molecule has 4 heteroatoms. The van der Waals surface area contributed by atoms with Crippen LogP contribution < -0.4 is 9.47 Å². The zero-order valence-electron chi connectivity index (χ0n) is 11.5. The minimum absolute atomic E-state index is 0.0579. The number of ether oxygens (including phenoxy) is 2. The summed E-state index contributed by atoms with van der Waals surface area (Å²) in [6, 6.07) is 3.55. The van der Waals surface area contributed by atoms with Crippen LogP contribution in [0, 0.1) is 0 Å². The first kappa shape index (κ1) is 14.4. The van der Waals surface area contributed by atoms with Gasteiger partial charge in [-0.15, -0.1) is 0 Å². The number of benzene rings is 1. The summed E-state index contributed by atoms with van der Waals surface area (Å²) in [5.74, 6) is -0.388. The molecule has 0 saturated carbocycles. The van der Waals surface area contributed by atoms with E-state index in [0.717, 1.165) is 12.0 Å². The van der Waals surface area contributed by atoms with Crippen LogP contribution in [0.2, 0.25) is 0 Å². The molecule has 0 aliphatic rings. The van der Waals surface area contributed by atoms with Gasteiger partial charge in [0.2, 0.25) is 0 Å². The third-order valence-corrected chi connectivity index (χ3v) is 3.39. The molecule has 4 nitrogen and oxygen atoms in total. The molecule has 100 valence electrons. The van der Waals surface area contributed by atoms with Crippen molar-refractivity contribution in [3.8, 4) is 11.5 Å². The molecule has 18 heavy (non-hydrogen) atoms. The molecular weight excluding hydrogens is 232 g/mol. The van der Waals surface area contributed by atoms with Gasteiger partial charge >= 0.3 is 5.97 Å². The Morgan fingerprint density at radius 3 is 1.94 bits per heavy atom. The van der Waals surface area contributed by atoms with Crippen molar-refractivity contribution < 1.29 is 19.4 Å². The number of hydrogen-bond donors (Lipinski definition) is 1. The summed E-state index contributed by atoms with van der Waals surface area (Å²) in [7, 11) is 2.92. The molecule has 0 aliphatic heterocycles. The zero-order chi connectivity index (χ0) is 13.9. The summed E-state index contributed by atoms with van der Waals surface area (Å²) in [4.78, 5) is 11.2. The van der Waals surface area contributed by atoms with Gasteiger partial charge in [0.25, 0.3) is 0 Å². The van der Waals surface area contributed by atoms with Gasteiger partial charge in [0.15, 0.2) is 0 Å². The molecule has 0 atom stereocenters. The lowest BCUT2D eigenvalue weighted by atomic mass is 9.81. The predicted octanol–water partition coefficient (Wildman–Crippen LogP) is 3.09. The maximum Gasteiger partial charge on any atom is 0.343 e. The second-order valence-corrected chi connectivity index (χ2v) is 4.80. The summed E-state index contributed by atoms with van der Waals surface area (Å²) in [6.07, 6.45) is 0.936. The first-order chi connectivity index (χ1) is 8.37. The minimum atomic E-state index is -1.05. The maximum atomic E-state index is 11.2. The molecule has 1 rings (SSSR count). The molecule has 0 bridgehead atoms. The van der Waals surface area contributed by atoms with Crippen LogP contribution in [0.25, 0.3) is 0 Å². The van der Waals surface area contributed by atoms with Crippen LogP contribution in [-0.4, -0.2) is 25.3 Å². The van der Waals surface area contributed by atoms with Crippen molar-refractivity contribution >= 4 is 5.97 Å². The van der Waals surface area contributed by atoms with Crippen molar-refractivity contribution in [3.63, 3.8) is 0 Å². The fourth-order valence-electron chi connectivity index (χ4n) is 1.72. The van der Waals surface area contributed by atoms with E-state index in [1.54, 1.807) is 12.1 Å². The summed E-state index contributed by atoms with van der Waals surface area (Å²) in [6.45, 7) is 6.29. The van der Waals surface area contributed by atoms with E-state index in [-0.39, 0.29) is 11.0 Å². The second kappa shape index (κ2) is 5.29. The lowest BCUT2D eigenvalue weighted by molar-refractivity contribution is 0.0689. The van der Waals surface area contributed by atoms with Gasteiger partial charge in [-0.05, 0) is 29.5 Å². The standard InChI is InChI=1S/C14H20O4/c1-6-14(2,3)9-7-10(17-4)12(13(15)16)11(8-9)18-5/h7-8H,6H2,1-5H3,(H,15,16). The fraction of sp³-hybridized carbons (Fsp3) is 0.500. The van der Waals surface area contributed by atoms with Gasteiger partial charge in [0, 0.05) is 0 Å². The van der Waals surface area contributed by atoms with Gasteiger partial charge in [-0.2, -0.15) is 0 Å². The van der Waals surface area contributed by atoms with Crippen LogP contribution in [0.1, 0.15) is 43.1 Å². The van der Waals surface area contributed by atoms with Crippen molar-refractivity contribution in [2.75, 3.05) is 14.2 Å². The van der Waals surface area contributed by atoms with E-state index in [0.29, 0.717) is 11.5 Å². The summed E-state index contributed by atoms with van der Waals surface area (Å²) < 4.78 is 10.3. The number of aromatic carboxylic acids is 1. The van der Waals surface area contributed by atoms with Crippen molar-refractivity contribution in [2.45, 2.75) is 32.6 Å². The number of rotatable bonds is 5. The molecule has 0 aromatic heterocycles. The molecule has 1 N–H and O–H groups in total. The van der Waals surface area contributed by atoms with Gasteiger partial charge < -0.3 is 14.6 Å². The Morgan fingerprint density at radius 1 is 1.22 bits per heavy atom. The second-order valence-electron chi connectivity index (χ2n) is 4.80. The highest BCUT2D eigenvalue weighted by molar-refractivity contribution is 5.94. The van der Waals surface area contributed by atoms with Crippen LogP contribution in [0.3, 0.4) is 0 Å².